The maximum atomic E-state index is 11.8. The van der Waals surface area contributed by atoms with Crippen LogP contribution in [-0.2, 0) is 9.59 Å². The zero-order valence-electron chi connectivity index (χ0n) is 12.3. The van der Waals surface area contributed by atoms with Crippen LogP contribution in [0.15, 0.2) is 18.2 Å². The van der Waals surface area contributed by atoms with Crippen LogP contribution in [0.2, 0.25) is 0 Å². The van der Waals surface area contributed by atoms with Gasteiger partial charge in [0.1, 0.15) is 6.54 Å². The lowest BCUT2D eigenvalue weighted by Gasteiger charge is -2.23. The van der Waals surface area contributed by atoms with Crippen molar-refractivity contribution in [3.63, 3.8) is 0 Å². The lowest BCUT2D eigenvalue weighted by atomic mass is 10.1. The zero-order valence-corrected chi connectivity index (χ0v) is 12.3. The van der Waals surface area contributed by atoms with Gasteiger partial charge in [-0.15, -0.1) is 0 Å². The van der Waals surface area contributed by atoms with Gasteiger partial charge < -0.3 is 10.2 Å². The molecule has 1 N–H and O–H groups in total. The summed E-state index contributed by atoms with van der Waals surface area (Å²) in [4.78, 5) is 25.1. The summed E-state index contributed by atoms with van der Waals surface area (Å²) >= 11 is 0. The van der Waals surface area contributed by atoms with E-state index in [1.54, 1.807) is 0 Å². The Bertz CT molecular complexity index is 481. The van der Waals surface area contributed by atoms with Crippen molar-refractivity contribution < 1.29 is 9.59 Å². The predicted octanol–water partition coefficient (Wildman–Crippen LogP) is 2.18. The fourth-order valence-electron chi connectivity index (χ4n) is 1.89. The summed E-state index contributed by atoms with van der Waals surface area (Å²) in [6, 6.07) is 5.95. The maximum Gasteiger partial charge on any atom is 0.240 e. The number of hydrogen-bond acceptors (Lipinski definition) is 2. The molecule has 0 saturated carbocycles. The van der Waals surface area contributed by atoms with Crippen molar-refractivity contribution in [3.05, 3.63) is 29.3 Å². The number of anilines is 1. The highest BCUT2D eigenvalue weighted by Gasteiger charge is 2.17. The average Bonchev–Trinajstić information content (AvgIpc) is 2.28. The first-order valence-corrected chi connectivity index (χ1v) is 6.46. The van der Waals surface area contributed by atoms with Gasteiger partial charge in [0, 0.05) is 18.7 Å². The number of rotatable bonds is 4. The molecule has 0 spiro atoms. The molecular formula is C15H22N2O2. The van der Waals surface area contributed by atoms with Crippen LogP contribution in [0.3, 0.4) is 0 Å². The molecule has 0 aliphatic rings. The first kappa shape index (κ1) is 15.2. The van der Waals surface area contributed by atoms with Crippen molar-refractivity contribution in [3.8, 4) is 0 Å². The van der Waals surface area contributed by atoms with Crippen LogP contribution in [0, 0.1) is 13.8 Å². The molecule has 0 aromatic heterocycles. The molecule has 104 valence electrons. The van der Waals surface area contributed by atoms with Crippen LogP contribution in [0.1, 0.15) is 31.9 Å². The lowest BCUT2D eigenvalue weighted by Crippen LogP contribution is -2.42. The third kappa shape index (κ3) is 4.39. The van der Waals surface area contributed by atoms with Gasteiger partial charge in [0.15, 0.2) is 0 Å². The summed E-state index contributed by atoms with van der Waals surface area (Å²) in [5.41, 5.74) is 2.85. The Hall–Kier alpha value is -1.84. The summed E-state index contributed by atoms with van der Waals surface area (Å²) in [7, 11) is 0. The molecule has 0 unspecified atom stereocenters. The molecule has 0 saturated heterocycles. The Morgan fingerprint density at radius 3 is 2.42 bits per heavy atom. The third-order valence-electron chi connectivity index (χ3n) is 2.79. The minimum absolute atomic E-state index is 0.0534. The summed E-state index contributed by atoms with van der Waals surface area (Å²) in [5.74, 6) is -0.279. The van der Waals surface area contributed by atoms with E-state index in [4.69, 9.17) is 0 Å². The van der Waals surface area contributed by atoms with Crippen molar-refractivity contribution >= 4 is 17.5 Å². The highest BCUT2D eigenvalue weighted by atomic mass is 16.2. The normalized spacial score (nSPS) is 10.4. The molecule has 2 amide bonds. The van der Waals surface area contributed by atoms with E-state index in [0.29, 0.717) is 0 Å². The maximum absolute atomic E-state index is 11.8. The van der Waals surface area contributed by atoms with Gasteiger partial charge >= 0.3 is 0 Å². The number of nitrogens with zero attached hydrogens (tertiary/aromatic N) is 1. The number of amides is 2. The Labute approximate surface area is 114 Å². The topological polar surface area (TPSA) is 49.4 Å². The lowest BCUT2D eigenvalue weighted by molar-refractivity contribution is -0.123. The van der Waals surface area contributed by atoms with Crippen LogP contribution < -0.4 is 10.2 Å². The molecule has 0 fully saturated rings. The van der Waals surface area contributed by atoms with Crippen LogP contribution in [-0.4, -0.2) is 24.4 Å². The van der Waals surface area contributed by atoms with Crippen molar-refractivity contribution in [2.45, 2.75) is 40.7 Å². The first-order valence-electron chi connectivity index (χ1n) is 6.46. The van der Waals surface area contributed by atoms with E-state index < -0.39 is 0 Å². The minimum Gasteiger partial charge on any atom is -0.352 e. The molecule has 0 bridgehead atoms. The summed E-state index contributed by atoms with van der Waals surface area (Å²) in [6.45, 7) is 9.23. The van der Waals surface area contributed by atoms with Gasteiger partial charge in [-0.25, -0.2) is 0 Å². The van der Waals surface area contributed by atoms with E-state index in [1.807, 2.05) is 45.9 Å². The smallest absolute Gasteiger partial charge is 0.240 e. The van der Waals surface area contributed by atoms with Gasteiger partial charge in [-0.1, -0.05) is 12.1 Å². The number of carbonyl (C=O) groups excluding carboxylic acids is 2. The standard InChI is InChI=1S/C15H22N2O2/c1-10(2)16-15(19)9-17(13(5)18)14-8-11(3)6-7-12(14)4/h6-8,10H,9H2,1-5H3,(H,16,19). The number of nitrogens with one attached hydrogen (secondary N) is 1. The number of carbonyl (C=O) groups is 2. The SMILES string of the molecule is CC(=O)N(CC(=O)NC(C)C)c1cc(C)ccc1C. The van der Waals surface area contributed by atoms with Crippen molar-refractivity contribution in [1.29, 1.82) is 0 Å². The molecule has 0 heterocycles. The Kier molecular flexibility index (Phi) is 5.10. The van der Waals surface area contributed by atoms with Gasteiger partial charge in [0.25, 0.3) is 0 Å². The molecule has 1 aromatic carbocycles. The minimum atomic E-state index is -0.147. The van der Waals surface area contributed by atoms with Crippen molar-refractivity contribution in [1.82, 2.24) is 5.32 Å². The van der Waals surface area contributed by atoms with Crippen LogP contribution in [0.5, 0.6) is 0 Å². The fraction of sp³-hybridized carbons (Fsp3) is 0.467. The van der Waals surface area contributed by atoms with E-state index in [9.17, 15) is 9.59 Å². The van der Waals surface area contributed by atoms with Gasteiger partial charge in [-0.2, -0.15) is 0 Å². The monoisotopic (exact) mass is 262 g/mol. The third-order valence-corrected chi connectivity index (χ3v) is 2.79. The van der Waals surface area contributed by atoms with Crippen LogP contribution >= 0.6 is 0 Å². The van der Waals surface area contributed by atoms with Crippen LogP contribution in [0.25, 0.3) is 0 Å². The Morgan fingerprint density at radius 1 is 1.26 bits per heavy atom. The summed E-state index contributed by atoms with van der Waals surface area (Å²) in [5, 5.41) is 2.80. The molecule has 0 radical (unpaired) electrons. The number of benzene rings is 1. The van der Waals surface area contributed by atoms with E-state index in [2.05, 4.69) is 5.32 Å². The highest BCUT2D eigenvalue weighted by Crippen LogP contribution is 2.21. The van der Waals surface area contributed by atoms with E-state index in [0.717, 1.165) is 16.8 Å². The second kappa shape index (κ2) is 6.36. The van der Waals surface area contributed by atoms with E-state index in [-0.39, 0.29) is 24.4 Å². The molecule has 0 atom stereocenters. The molecule has 4 heteroatoms. The second-order valence-electron chi connectivity index (χ2n) is 5.12. The first-order chi connectivity index (χ1) is 8.81. The molecule has 19 heavy (non-hydrogen) atoms. The molecular weight excluding hydrogens is 240 g/mol. The van der Waals surface area contributed by atoms with Gasteiger partial charge in [-0.05, 0) is 44.9 Å². The Morgan fingerprint density at radius 2 is 1.89 bits per heavy atom. The predicted molar refractivity (Wildman–Crippen MR) is 77.2 cm³/mol. The molecule has 0 aliphatic carbocycles. The van der Waals surface area contributed by atoms with Gasteiger partial charge in [-0.3, -0.25) is 9.59 Å². The largest absolute Gasteiger partial charge is 0.352 e. The molecule has 1 aromatic rings. The van der Waals surface area contributed by atoms with Gasteiger partial charge in [0.05, 0.1) is 0 Å². The average molecular weight is 262 g/mol. The molecule has 4 nitrogen and oxygen atoms in total. The fourth-order valence-corrected chi connectivity index (χ4v) is 1.89. The van der Waals surface area contributed by atoms with Crippen molar-refractivity contribution in [2.24, 2.45) is 0 Å². The number of aryl methyl sites for hydroxylation is 2. The Balaban J connectivity index is 2.98. The van der Waals surface area contributed by atoms with E-state index in [1.165, 1.54) is 11.8 Å². The molecule has 1 rings (SSSR count). The quantitative estimate of drug-likeness (QED) is 0.904. The molecule has 0 aliphatic heterocycles. The number of hydrogen-bond donors (Lipinski definition) is 1. The van der Waals surface area contributed by atoms with Gasteiger partial charge in [0.2, 0.25) is 11.8 Å². The summed E-state index contributed by atoms with van der Waals surface area (Å²) < 4.78 is 0. The zero-order chi connectivity index (χ0) is 14.6. The highest BCUT2D eigenvalue weighted by molar-refractivity contribution is 5.98. The van der Waals surface area contributed by atoms with Crippen LogP contribution in [0.4, 0.5) is 5.69 Å². The van der Waals surface area contributed by atoms with Crippen molar-refractivity contribution in [2.75, 3.05) is 11.4 Å². The summed E-state index contributed by atoms with van der Waals surface area (Å²) in [6.07, 6.45) is 0. The van der Waals surface area contributed by atoms with E-state index >= 15 is 0 Å². The second-order valence-corrected chi connectivity index (χ2v) is 5.12.